The van der Waals surface area contributed by atoms with Gasteiger partial charge in [0.1, 0.15) is 5.54 Å². The third-order valence-corrected chi connectivity index (χ3v) is 3.33. The topological polar surface area (TPSA) is 48.3 Å². The summed E-state index contributed by atoms with van der Waals surface area (Å²) < 4.78 is 5.52. The van der Waals surface area contributed by atoms with Gasteiger partial charge < -0.3 is 4.74 Å². The molecular weight excluding hydrogens is 226 g/mol. The van der Waals surface area contributed by atoms with E-state index in [2.05, 4.69) is 37.1 Å². The van der Waals surface area contributed by atoms with Crippen molar-refractivity contribution in [2.24, 2.45) is 0 Å². The Morgan fingerprint density at radius 1 is 1.56 bits per heavy atom. The predicted octanol–water partition coefficient (Wildman–Crippen LogP) is 1.77. The van der Waals surface area contributed by atoms with Crippen LogP contribution in [0.5, 0.6) is 0 Å². The molecular formula is C14H27N3O. The van der Waals surface area contributed by atoms with Crippen molar-refractivity contribution < 1.29 is 4.74 Å². The fourth-order valence-electron chi connectivity index (χ4n) is 2.55. The Kier molecular flexibility index (Phi) is 6.07. The third-order valence-electron chi connectivity index (χ3n) is 3.33. The van der Waals surface area contributed by atoms with Gasteiger partial charge in [-0.15, -0.1) is 0 Å². The summed E-state index contributed by atoms with van der Waals surface area (Å²) in [5.74, 6) is 0. The maximum Gasteiger partial charge on any atom is 0.104 e. The number of nitrogens with one attached hydrogen (secondary N) is 1. The molecule has 1 fully saturated rings. The maximum absolute atomic E-state index is 9.27. The van der Waals surface area contributed by atoms with E-state index in [0.29, 0.717) is 12.1 Å². The second-order valence-electron chi connectivity index (χ2n) is 5.83. The summed E-state index contributed by atoms with van der Waals surface area (Å²) in [6, 6.07) is 2.75. The largest absolute Gasteiger partial charge is 0.376 e. The molecule has 18 heavy (non-hydrogen) atoms. The Labute approximate surface area is 111 Å². The second-order valence-corrected chi connectivity index (χ2v) is 5.83. The van der Waals surface area contributed by atoms with Crippen molar-refractivity contribution in [1.29, 1.82) is 5.26 Å². The van der Waals surface area contributed by atoms with Crippen LogP contribution in [0.4, 0.5) is 0 Å². The van der Waals surface area contributed by atoms with Crippen LogP contribution in [0.15, 0.2) is 0 Å². The summed E-state index contributed by atoms with van der Waals surface area (Å²) in [6.45, 7) is 12.2. The summed E-state index contributed by atoms with van der Waals surface area (Å²) in [5.41, 5.74) is -0.397. The molecule has 1 heterocycles. The minimum Gasteiger partial charge on any atom is -0.376 e. The molecule has 0 aromatic carbocycles. The van der Waals surface area contributed by atoms with Gasteiger partial charge in [-0.05, 0) is 47.1 Å². The molecule has 0 aromatic heterocycles. The lowest BCUT2D eigenvalue weighted by Crippen LogP contribution is -2.46. The Balaban J connectivity index is 2.29. The molecule has 0 bridgehead atoms. The van der Waals surface area contributed by atoms with Gasteiger partial charge in [-0.2, -0.15) is 5.26 Å². The maximum atomic E-state index is 9.27. The van der Waals surface area contributed by atoms with Crippen LogP contribution in [-0.4, -0.2) is 48.8 Å². The van der Waals surface area contributed by atoms with Crippen LogP contribution in [0.25, 0.3) is 0 Å². The Morgan fingerprint density at radius 2 is 2.28 bits per heavy atom. The van der Waals surface area contributed by atoms with Gasteiger partial charge in [-0.3, -0.25) is 10.2 Å². The van der Waals surface area contributed by atoms with Gasteiger partial charge in [-0.1, -0.05) is 0 Å². The van der Waals surface area contributed by atoms with Crippen molar-refractivity contribution in [2.45, 2.75) is 58.2 Å². The Hall–Kier alpha value is -0.630. The van der Waals surface area contributed by atoms with Gasteiger partial charge in [0.15, 0.2) is 0 Å². The van der Waals surface area contributed by atoms with Gasteiger partial charge in [0.2, 0.25) is 0 Å². The van der Waals surface area contributed by atoms with Crippen LogP contribution >= 0.6 is 0 Å². The quantitative estimate of drug-likeness (QED) is 0.783. The van der Waals surface area contributed by atoms with E-state index in [4.69, 9.17) is 4.74 Å². The Bertz CT molecular complexity index is 287. The number of nitrogens with zero attached hydrogens (tertiary/aromatic N) is 2. The Morgan fingerprint density at radius 3 is 2.83 bits per heavy atom. The van der Waals surface area contributed by atoms with Gasteiger partial charge in [0.25, 0.3) is 0 Å². The second kappa shape index (κ2) is 7.08. The van der Waals surface area contributed by atoms with Crippen molar-refractivity contribution in [3.05, 3.63) is 0 Å². The number of nitriles is 1. The van der Waals surface area contributed by atoms with E-state index in [-0.39, 0.29) is 0 Å². The van der Waals surface area contributed by atoms with Gasteiger partial charge in [0.05, 0.1) is 18.8 Å². The van der Waals surface area contributed by atoms with Crippen molar-refractivity contribution >= 4 is 0 Å². The van der Waals surface area contributed by atoms with Gasteiger partial charge in [-0.25, -0.2) is 0 Å². The van der Waals surface area contributed by atoms with Crippen LogP contribution in [0.1, 0.15) is 40.5 Å². The first-order valence-electron chi connectivity index (χ1n) is 6.98. The first-order chi connectivity index (χ1) is 8.45. The number of hydrogen-bond acceptors (Lipinski definition) is 4. The minimum absolute atomic E-state index is 0.342. The van der Waals surface area contributed by atoms with Crippen LogP contribution in [-0.2, 0) is 4.74 Å². The molecule has 0 aromatic rings. The van der Waals surface area contributed by atoms with E-state index in [1.54, 1.807) is 0 Å². The SMILES string of the molecule is CC(C)NC(C)(C#N)CCCN1CCOC(C)C1. The molecule has 4 nitrogen and oxygen atoms in total. The molecule has 104 valence electrons. The normalized spacial score (nSPS) is 24.8. The summed E-state index contributed by atoms with van der Waals surface area (Å²) in [5, 5.41) is 12.6. The zero-order chi connectivity index (χ0) is 13.6. The highest BCUT2D eigenvalue weighted by Gasteiger charge is 2.24. The standard InChI is InChI=1S/C14H27N3O/c1-12(2)16-14(4,11-15)6-5-7-17-8-9-18-13(3)10-17/h12-13,16H,5-10H2,1-4H3. The van der Waals surface area contributed by atoms with Crippen LogP contribution in [0, 0.1) is 11.3 Å². The molecule has 4 heteroatoms. The molecule has 1 aliphatic heterocycles. The first kappa shape index (κ1) is 15.4. The highest BCUT2D eigenvalue weighted by molar-refractivity contribution is 5.04. The highest BCUT2D eigenvalue weighted by atomic mass is 16.5. The van der Waals surface area contributed by atoms with Gasteiger partial charge in [0, 0.05) is 19.1 Å². The van der Waals surface area contributed by atoms with Crippen molar-refractivity contribution in [1.82, 2.24) is 10.2 Å². The van der Waals surface area contributed by atoms with Crippen LogP contribution in [0.3, 0.4) is 0 Å². The monoisotopic (exact) mass is 253 g/mol. The third kappa shape index (κ3) is 5.34. The van der Waals surface area contributed by atoms with Crippen molar-refractivity contribution in [3.63, 3.8) is 0 Å². The van der Waals surface area contributed by atoms with Crippen molar-refractivity contribution in [2.75, 3.05) is 26.2 Å². The molecule has 1 saturated heterocycles. The van der Waals surface area contributed by atoms with E-state index in [1.807, 2.05) is 6.92 Å². The summed E-state index contributed by atoms with van der Waals surface area (Å²) >= 11 is 0. The van der Waals surface area contributed by atoms with Crippen molar-refractivity contribution in [3.8, 4) is 6.07 Å². The van der Waals surface area contributed by atoms with Crippen LogP contribution < -0.4 is 5.32 Å². The average Bonchev–Trinajstić information content (AvgIpc) is 2.28. The molecule has 2 unspecified atom stereocenters. The lowest BCUT2D eigenvalue weighted by atomic mass is 9.96. The van der Waals surface area contributed by atoms with Gasteiger partial charge >= 0.3 is 0 Å². The zero-order valence-electron chi connectivity index (χ0n) is 12.2. The molecule has 0 saturated carbocycles. The van der Waals surface area contributed by atoms with E-state index in [1.165, 1.54) is 0 Å². The lowest BCUT2D eigenvalue weighted by Gasteiger charge is -2.32. The molecule has 0 amide bonds. The molecule has 0 radical (unpaired) electrons. The number of morpholine rings is 1. The summed E-state index contributed by atoms with van der Waals surface area (Å²) in [7, 11) is 0. The molecule has 0 aliphatic carbocycles. The number of hydrogen-bond donors (Lipinski definition) is 1. The van der Waals surface area contributed by atoms with E-state index in [0.717, 1.165) is 39.1 Å². The fraction of sp³-hybridized carbons (Fsp3) is 0.929. The van der Waals surface area contributed by atoms with E-state index < -0.39 is 5.54 Å². The molecule has 1 rings (SSSR count). The molecule has 2 atom stereocenters. The summed E-state index contributed by atoms with van der Waals surface area (Å²) in [4.78, 5) is 2.43. The molecule has 0 spiro atoms. The lowest BCUT2D eigenvalue weighted by molar-refractivity contribution is -0.0189. The highest BCUT2D eigenvalue weighted by Crippen LogP contribution is 2.14. The van der Waals surface area contributed by atoms with E-state index in [9.17, 15) is 5.26 Å². The summed E-state index contributed by atoms with van der Waals surface area (Å²) in [6.07, 6.45) is 2.29. The fourth-order valence-corrected chi connectivity index (χ4v) is 2.55. The minimum atomic E-state index is -0.397. The van der Waals surface area contributed by atoms with Crippen LogP contribution in [0.2, 0.25) is 0 Å². The van der Waals surface area contributed by atoms with E-state index >= 15 is 0 Å². The molecule has 1 N–H and O–H groups in total. The first-order valence-corrected chi connectivity index (χ1v) is 6.98. The smallest absolute Gasteiger partial charge is 0.104 e. The zero-order valence-corrected chi connectivity index (χ0v) is 12.2. The number of rotatable bonds is 6. The average molecular weight is 253 g/mol. The number of ether oxygens (including phenoxy) is 1. The molecule has 1 aliphatic rings. The predicted molar refractivity (Wildman–Crippen MR) is 73.4 cm³/mol.